The quantitative estimate of drug-likeness (QED) is 0.732. The van der Waals surface area contributed by atoms with Gasteiger partial charge in [-0.3, -0.25) is 4.79 Å². The highest BCUT2D eigenvalue weighted by atomic mass is 32.1. The number of hydrogen-bond donors (Lipinski definition) is 0. The Labute approximate surface area is 145 Å². The van der Waals surface area contributed by atoms with Gasteiger partial charge in [0.1, 0.15) is 5.82 Å². The molecule has 0 atom stereocenters. The molecule has 0 spiro atoms. The van der Waals surface area contributed by atoms with E-state index in [-0.39, 0.29) is 0 Å². The summed E-state index contributed by atoms with van der Waals surface area (Å²) in [4.78, 5) is 17.6. The average molecular weight is 372 g/mol. The molecule has 134 valence electrons. The smallest absolute Gasteiger partial charge is 0.320 e. The molecule has 1 aliphatic carbocycles. The Bertz CT molecular complexity index is 891. The number of carbonyl (C=O) groups is 1. The number of thiazole rings is 1. The average Bonchev–Trinajstić information content (AvgIpc) is 3.30. The number of amides is 1. The molecule has 0 unspecified atom stereocenters. The molecular formula is C17H16F4N2OS. The van der Waals surface area contributed by atoms with E-state index in [1.807, 2.05) is 18.4 Å². The van der Waals surface area contributed by atoms with Crippen LogP contribution in [0.4, 0.5) is 17.6 Å². The Kier molecular flexibility index (Phi) is 4.57. The zero-order valence-corrected chi connectivity index (χ0v) is 14.5. The highest BCUT2D eigenvalue weighted by molar-refractivity contribution is 7.09. The van der Waals surface area contributed by atoms with Gasteiger partial charge in [0.05, 0.1) is 11.1 Å². The van der Waals surface area contributed by atoms with Crippen LogP contribution < -0.4 is 4.80 Å². The fourth-order valence-electron chi connectivity index (χ4n) is 2.54. The second kappa shape index (κ2) is 6.40. The van der Waals surface area contributed by atoms with Crippen molar-refractivity contribution in [1.82, 2.24) is 4.57 Å². The first-order chi connectivity index (χ1) is 11.7. The van der Waals surface area contributed by atoms with E-state index in [9.17, 15) is 22.4 Å². The lowest BCUT2D eigenvalue weighted by Crippen LogP contribution is -2.20. The lowest BCUT2D eigenvalue weighted by Gasteiger charge is -2.10. The maximum atomic E-state index is 13.2. The van der Waals surface area contributed by atoms with Gasteiger partial charge < -0.3 is 4.57 Å². The van der Waals surface area contributed by atoms with Crippen LogP contribution in [-0.4, -0.2) is 10.5 Å². The van der Waals surface area contributed by atoms with Crippen molar-refractivity contribution in [2.24, 2.45) is 10.9 Å². The van der Waals surface area contributed by atoms with Crippen molar-refractivity contribution in [2.45, 2.75) is 39.4 Å². The van der Waals surface area contributed by atoms with Crippen molar-refractivity contribution in [2.75, 3.05) is 0 Å². The first-order valence-corrected chi connectivity index (χ1v) is 8.61. The third-order valence-electron chi connectivity index (χ3n) is 4.24. The summed E-state index contributed by atoms with van der Waals surface area (Å²) in [6.45, 7) is 4.49. The lowest BCUT2D eigenvalue weighted by atomic mass is 10.1. The maximum Gasteiger partial charge on any atom is 0.417 e. The Morgan fingerprint density at radius 1 is 1.32 bits per heavy atom. The topological polar surface area (TPSA) is 34.4 Å². The van der Waals surface area contributed by atoms with E-state index in [0.717, 1.165) is 35.5 Å². The Morgan fingerprint density at radius 3 is 2.60 bits per heavy atom. The number of alkyl halides is 3. The first-order valence-electron chi connectivity index (χ1n) is 7.79. The van der Waals surface area contributed by atoms with Gasteiger partial charge in [0.15, 0.2) is 4.80 Å². The van der Waals surface area contributed by atoms with Gasteiger partial charge >= 0.3 is 6.18 Å². The van der Waals surface area contributed by atoms with E-state index in [0.29, 0.717) is 23.3 Å². The number of aryl methyl sites for hydroxylation is 1. The minimum atomic E-state index is -4.83. The second-order valence-corrected chi connectivity index (χ2v) is 7.37. The van der Waals surface area contributed by atoms with Crippen LogP contribution >= 0.6 is 11.3 Å². The van der Waals surface area contributed by atoms with E-state index in [1.165, 1.54) is 11.3 Å². The van der Waals surface area contributed by atoms with Crippen LogP contribution in [0.2, 0.25) is 0 Å². The highest BCUT2D eigenvalue weighted by Crippen LogP contribution is 2.33. The predicted octanol–water partition coefficient (Wildman–Crippen LogP) is 4.48. The zero-order chi connectivity index (χ0) is 18.4. The molecule has 3 rings (SSSR count). The molecule has 0 aliphatic heterocycles. The van der Waals surface area contributed by atoms with E-state index in [1.54, 1.807) is 0 Å². The summed E-state index contributed by atoms with van der Waals surface area (Å²) in [7, 11) is 0. The first kappa shape index (κ1) is 17.8. The van der Waals surface area contributed by atoms with Crippen LogP contribution in [-0.2, 0) is 12.7 Å². The molecule has 1 aromatic heterocycles. The van der Waals surface area contributed by atoms with Crippen molar-refractivity contribution >= 4 is 17.2 Å². The summed E-state index contributed by atoms with van der Waals surface area (Å²) in [6, 6.07) is 2.00. The van der Waals surface area contributed by atoms with Crippen LogP contribution in [0.25, 0.3) is 0 Å². The van der Waals surface area contributed by atoms with Gasteiger partial charge in [0.2, 0.25) is 0 Å². The van der Waals surface area contributed by atoms with E-state index >= 15 is 0 Å². The summed E-state index contributed by atoms with van der Waals surface area (Å²) in [5.41, 5.74) is -0.992. The third kappa shape index (κ3) is 3.84. The molecule has 25 heavy (non-hydrogen) atoms. The molecule has 0 bridgehead atoms. The summed E-state index contributed by atoms with van der Waals surface area (Å²) < 4.78 is 54.4. The molecule has 1 aromatic carbocycles. The van der Waals surface area contributed by atoms with E-state index in [2.05, 4.69) is 4.99 Å². The van der Waals surface area contributed by atoms with Crippen LogP contribution in [0.1, 0.15) is 39.3 Å². The van der Waals surface area contributed by atoms with Crippen LogP contribution in [0, 0.1) is 25.6 Å². The number of hydrogen-bond acceptors (Lipinski definition) is 2. The van der Waals surface area contributed by atoms with Crippen LogP contribution in [0.15, 0.2) is 23.2 Å². The largest absolute Gasteiger partial charge is 0.417 e. The van der Waals surface area contributed by atoms with Gasteiger partial charge in [-0.25, -0.2) is 4.39 Å². The lowest BCUT2D eigenvalue weighted by molar-refractivity contribution is -0.138. The molecule has 1 aliphatic rings. The summed E-state index contributed by atoms with van der Waals surface area (Å²) in [6.07, 6.45) is -2.62. The standard InChI is InChI=1S/C17H16F4N2OS/c1-9-10(2)25-16(23(9)8-11-3-4-11)22-15(24)13-6-5-12(18)7-14(13)17(19,20)21/h5-7,11H,3-4,8H2,1-2H3. The monoisotopic (exact) mass is 372 g/mol. The Balaban J connectivity index is 2.06. The number of halogens is 4. The normalized spacial score (nSPS) is 15.7. The summed E-state index contributed by atoms with van der Waals surface area (Å²) >= 11 is 1.27. The number of benzene rings is 1. The molecule has 0 saturated heterocycles. The molecule has 0 N–H and O–H groups in total. The SMILES string of the molecule is Cc1sc(=NC(=O)c2ccc(F)cc2C(F)(F)F)n(CC2CC2)c1C. The van der Waals surface area contributed by atoms with Crippen molar-refractivity contribution in [3.63, 3.8) is 0 Å². The Hall–Kier alpha value is -1.96. The molecule has 1 fully saturated rings. The highest BCUT2D eigenvalue weighted by Gasteiger charge is 2.35. The molecule has 8 heteroatoms. The van der Waals surface area contributed by atoms with Gasteiger partial charge in [-0.05, 0) is 50.8 Å². The molecule has 2 aromatic rings. The van der Waals surface area contributed by atoms with Crippen molar-refractivity contribution < 1.29 is 22.4 Å². The number of carbonyl (C=O) groups excluding carboxylic acids is 1. The fourth-order valence-corrected chi connectivity index (χ4v) is 3.52. The summed E-state index contributed by atoms with van der Waals surface area (Å²) in [5.74, 6) is -1.54. The second-order valence-electron chi connectivity index (χ2n) is 6.18. The van der Waals surface area contributed by atoms with Crippen LogP contribution in [0.5, 0.6) is 0 Å². The fraction of sp³-hybridized carbons (Fsp3) is 0.412. The van der Waals surface area contributed by atoms with Gasteiger partial charge in [0, 0.05) is 17.1 Å². The van der Waals surface area contributed by atoms with Gasteiger partial charge in [0.25, 0.3) is 5.91 Å². The third-order valence-corrected chi connectivity index (χ3v) is 5.34. The van der Waals surface area contributed by atoms with Gasteiger partial charge in [-0.2, -0.15) is 18.2 Å². The number of rotatable bonds is 3. The van der Waals surface area contributed by atoms with Crippen molar-refractivity contribution in [3.05, 3.63) is 50.5 Å². The minimum Gasteiger partial charge on any atom is -0.320 e. The molecule has 3 nitrogen and oxygen atoms in total. The minimum absolute atomic E-state index is 0.325. The molecular weight excluding hydrogens is 356 g/mol. The van der Waals surface area contributed by atoms with Crippen molar-refractivity contribution in [3.8, 4) is 0 Å². The molecule has 1 saturated carbocycles. The Morgan fingerprint density at radius 2 is 2.00 bits per heavy atom. The van der Waals surface area contributed by atoms with E-state index in [4.69, 9.17) is 0 Å². The van der Waals surface area contributed by atoms with Gasteiger partial charge in [-0.1, -0.05) is 0 Å². The molecule has 1 amide bonds. The number of nitrogens with zero attached hydrogens (tertiary/aromatic N) is 2. The maximum absolute atomic E-state index is 13.2. The zero-order valence-electron chi connectivity index (χ0n) is 13.7. The predicted molar refractivity (Wildman–Crippen MR) is 85.8 cm³/mol. The van der Waals surface area contributed by atoms with Crippen molar-refractivity contribution in [1.29, 1.82) is 0 Å². The van der Waals surface area contributed by atoms with Gasteiger partial charge in [-0.15, -0.1) is 11.3 Å². The summed E-state index contributed by atoms with van der Waals surface area (Å²) in [5, 5.41) is 0. The number of aromatic nitrogens is 1. The van der Waals surface area contributed by atoms with Crippen LogP contribution in [0.3, 0.4) is 0 Å². The van der Waals surface area contributed by atoms with E-state index < -0.39 is 29.0 Å². The molecule has 1 heterocycles. The molecule has 0 radical (unpaired) electrons.